The van der Waals surface area contributed by atoms with Crippen molar-refractivity contribution in [2.75, 3.05) is 27.3 Å². The van der Waals surface area contributed by atoms with Crippen molar-refractivity contribution in [2.24, 2.45) is 5.73 Å². The van der Waals surface area contributed by atoms with Gasteiger partial charge in [-0.05, 0) is 43.9 Å². The van der Waals surface area contributed by atoms with Crippen molar-refractivity contribution >= 4 is 0 Å². The van der Waals surface area contributed by atoms with Crippen LogP contribution in [0.4, 0.5) is 0 Å². The standard InChI is InChI=1S/C16H26N2O2/c1-11(2)18-9-13(7-14(17)10-18)12-5-6-15(19-3)16(8-12)20-4/h5-6,8,11,13-14H,7,9-10,17H2,1-4H3. The third-order valence-electron chi connectivity index (χ3n) is 4.12. The molecule has 1 aliphatic heterocycles. The van der Waals surface area contributed by atoms with Crippen LogP contribution in [0.2, 0.25) is 0 Å². The van der Waals surface area contributed by atoms with Gasteiger partial charge in [0.2, 0.25) is 0 Å². The van der Waals surface area contributed by atoms with Crippen molar-refractivity contribution in [2.45, 2.75) is 38.3 Å². The Balaban J connectivity index is 2.21. The van der Waals surface area contributed by atoms with Crippen LogP contribution in [-0.2, 0) is 0 Å². The van der Waals surface area contributed by atoms with Gasteiger partial charge < -0.3 is 15.2 Å². The van der Waals surface area contributed by atoms with Crippen LogP contribution in [0.1, 0.15) is 31.7 Å². The first kappa shape index (κ1) is 15.1. The molecular formula is C16H26N2O2. The van der Waals surface area contributed by atoms with Gasteiger partial charge in [-0.2, -0.15) is 0 Å². The average molecular weight is 278 g/mol. The average Bonchev–Trinajstić information content (AvgIpc) is 2.45. The Morgan fingerprint density at radius 2 is 1.85 bits per heavy atom. The molecule has 2 unspecified atom stereocenters. The summed E-state index contributed by atoms with van der Waals surface area (Å²) in [6, 6.07) is 6.96. The van der Waals surface area contributed by atoms with E-state index in [0.29, 0.717) is 12.0 Å². The Bertz CT molecular complexity index is 448. The Morgan fingerprint density at radius 1 is 1.15 bits per heavy atom. The molecule has 0 amide bonds. The third-order valence-corrected chi connectivity index (χ3v) is 4.12. The van der Waals surface area contributed by atoms with E-state index in [9.17, 15) is 0 Å². The van der Waals surface area contributed by atoms with Crippen molar-refractivity contribution in [3.63, 3.8) is 0 Å². The zero-order valence-electron chi connectivity index (χ0n) is 12.9. The second-order valence-corrected chi connectivity index (χ2v) is 5.85. The van der Waals surface area contributed by atoms with Gasteiger partial charge in [-0.15, -0.1) is 0 Å². The summed E-state index contributed by atoms with van der Waals surface area (Å²) < 4.78 is 10.7. The highest BCUT2D eigenvalue weighted by molar-refractivity contribution is 5.44. The minimum atomic E-state index is 0.240. The lowest BCUT2D eigenvalue weighted by Crippen LogP contribution is -2.48. The summed E-state index contributed by atoms with van der Waals surface area (Å²) >= 11 is 0. The van der Waals surface area contributed by atoms with Crippen LogP contribution in [0.15, 0.2) is 18.2 Å². The minimum Gasteiger partial charge on any atom is -0.493 e. The Kier molecular flexibility index (Phi) is 4.89. The maximum absolute atomic E-state index is 6.22. The number of likely N-dealkylation sites (tertiary alicyclic amines) is 1. The number of rotatable bonds is 4. The molecule has 0 radical (unpaired) electrons. The van der Waals surface area contributed by atoms with E-state index in [2.05, 4.69) is 30.9 Å². The van der Waals surface area contributed by atoms with Crippen LogP contribution in [0.3, 0.4) is 0 Å². The molecule has 0 spiro atoms. The van der Waals surface area contributed by atoms with Gasteiger partial charge in [-0.1, -0.05) is 6.07 Å². The van der Waals surface area contributed by atoms with E-state index < -0.39 is 0 Å². The molecule has 2 N–H and O–H groups in total. The zero-order valence-corrected chi connectivity index (χ0v) is 12.9. The Labute approximate surface area is 121 Å². The molecule has 0 aliphatic carbocycles. The lowest BCUT2D eigenvalue weighted by Gasteiger charge is -2.39. The monoisotopic (exact) mass is 278 g/mol. The number of methoxy groups -OCH3 is 2. The van der Waals surface area contributed by atoms with Crippen LogP contribution < -0.4 is 15.2 Å². The first-order valence-corrected chi connectivity index (χ1v) is 7.26. The molecular weight excluding hydrogens is 252 g/mol. The Morgan fingerprint density at radius 3 is 2.45 bits per heavy atom. The highest BCUT2D eigenvalue weighted by atomic mass is 16.5. The van der Waals surface area contributed by atoms with Gasteiger partial charge in [0.15, 0.2) is 11.5 Å². The molecule has 1 heterocycles. The van der Waals surface area contributed by atoms with Gasteiger partial charge in [0, 0.05) is 25.2 Å². The predicted molar refractivity (Wildman–Crippen MR) is 81.6 cm³/mol. The van der Waals surface area contributed by atoms with Gasteiger partial charge in [0.05, 0.1) is 14.2 Å². The SMILES string of the molecule is COc1ccc(C2CC(N)CN(C(C)C)C2)cc1OC. The van der Waals surface area contributed by atoms with Gasteiger partial charge in [-0.3, -0.25) is 4.90 Å². The van der Waals surface area contributed by atoms with Gasteiger partial charge in [0.1, 0.15) is 0 Å². The summed E-state index contributed by atoms with van der Waals surface area (Å²) in [6.45, 7) is 6.50. The third kappa shape index (κ3) is 3.25. The molecule has 4 heteroatoms. The predicted octanol–water partition coefficient (Wildman–Crippen LogP) is 2.23. The lowest BCUT2D eigenvalue weighted by molar-refractivity contribution is 0.152. The molecule has 20 heavy (non-hydrogen) atoms. The van der Waals surface area contributed by atoms with E-state index in [-0.39, 0.29) is 6.04 Å². The highest BCUT2D eigenvalue weighted by Gasteiger charge is 2.28. The molecule has 0 bridgehead atoms. The van der Waals surface area contributed by atoms with Crippen molar-refractivity contribution in [3.05, 3.63) is 23.8 Å². The Hall–Kier alpha value is -1.26. The van der Waals surface area contributed by atoms with Gasteiger partial charge in [-0.25, -0.2) is 0 Å². The molecule has 1 fully saturated rings. The summed E-state index contributed by atoms with van der Waals surface area (Å²) in [7, 11) is 3.34. The van der Waals surface area contributed by atoms with Crippen molar-refractivity contribution in [3.8, 4) is 11.5 Å². The first-order valence-electron chi connectivity index (χ1n) is 7.26. The van der Waals surface area contributed by atoms with Crippen LogP contribution >= 0.6 is 0 Å². The fourth-order valence-electron chi connectivity index (χ4n) is 2.94. The van der Waals surface area contributed by atoms with E-state index in [0.717, 1.165) is 31.0 Å². The van der Waals surface area contributed by atoms with Gasteiger partial charge >= 0.3 is 0 Å². The largest absolute Gasteiger partial charge is 0.493 e. The summed E-state index contributed by atoms with van der Waals surface area (Å²) in [5.74, 6) is 2.03. The number of hydrogen-bond acceptors (Lipinski definition) is 4. The molecule has 2 rings (SSSR count). The topological polar surface area (TPSA) is 47.7 Å². The maximum Gasteiger partial charge on any atom is 0.160 e. The summed E-state index contributed by atoms with van der Waals surface area (Å²) in [4.78, 5) is 2.45. The number of nitrogens with zero attached hydrogens (tertiary/aromatic N) is 1. The molecule has 4 nitrogen and oxygen atoms in total. The van der Waals surface area contributed by atoms with E-state index in [1.807, 2.05) is 6.07 Å². The van der Waals surface area contributed by atoms with Crippen molar-refractivity contribution in [1.82, 2.24) is 4.90 Å². The smallest absolute Gasteiger partial charge is 0.160 e. The maximum atomic E-state index is 6.22. The zero-order chi connectivity index (χ0) is 14.7. The second-order valence-electron chi connectivity index (χ2n) is 5.85. The summed E-state index contributed by atoms with van der Waals surface area (Å²) in [6.07, 6.45) is 1.03. The van der Waals surface area contributed by atoms with Crippen molar-refractivity contribution < 1.29 is 9.47 Å². The van der Waals surface area contributed by atoms with E-state index >= 15 is 0 Å². The first-order chi connectivity index (χ1) is 9.55. The molecule has 112 valence electrons. The quantitative estimate of drug-likeness (QED) is 0.917. The number of benzene rings is 1. The van der Waals surface area contributed by atoms with E-state index in [4.69, 9.17) is 15.2 Å². The molecule has 2 atom stereocenters. The van der Waals surface area contributed by atoms with Crippen LogP contribution in [0, 0.1) is 0 Å². The van der Waals surface area contributed by atoms with Crippen molar-refractivity contribution in [1.29, 1.82) is 0 Å². The lowest BCUT2D eigenvalue weighted by atomic mass is 9.87. The summed E-state index contributed by atoms with van der Waals surface area (Å²) in [5, 5.41) is 0. The minimum absolute atomic E-state index is 0.240. The fourth-order valence-corrected chi connectivity index (χ4v) is 2.94. The van der Waals surface area contributed by atoms with Crippen LogP contribution in [0.25, 0.3) is 0 Å². The van der Waals surface area contributed by atoms with E-state index in [1.165, 1.54) is 5.56 Å². The normalized spacial score (nSPS) is 23.9. The molecule has 1 aromatic carbocycles. The second kappa shape index (κ2) is 6.46. The van der Waals surface area contributed by atoms with E-state index in [1.54, 1.807) is 14.2 Å². The number of hydrogen-bond donors (Lipinski definition) is 1. The molecule has 1 aromatic rings. The number of ether oxygens (including phenoxy) is 2. The highest BCUT2D eigenvalue weighted by Crippen LogP contribution is 2.34. The van der Waals surface area contributed by atoms with Crippen LogP contribution in [0.5, 0.6) is 11.5 Å². The molecule has 1 aliphatic rings. The summed E-state index contributed by atoms with van der Waals surface area (Å²) in [5.41, 5.74) is 7.50. The fraction of sp³-hybridized carbons (Fsp3) is 0.625. The molecule has 1 saturated heterocycles. The number of piperidine rings is 1. The van der Waals surface area contributed by atoms with Crippen LogP contribution in [-0.4, -0.2) is 44.3 Å². The molecule has 0 saturated carbocycles. The molecule has 0 aromatic heterocycles. The number of nitrogens with two attached hydrogens (primary N) is 1. The van der Waals surface area contributed by atoms with Gasteiger partial charge in [0.25, 0.3) is 0 Å².